The largest absolute Gasteiger partial charge is 0.497 e. The van der Waals surface area contributed by atoms with Gasteiger partial charge in [0, 0.05) is 37.8 Å². The number of aromatic amines is 1. The van der Waals surface area contributed by atoms with E-state index in [0.717, 1.165) is 35.7 Å². The second-order valence-electron chi connectivity index (χ2n) is 7.55. The van der Waals surface area contributed by atoms with Crippen LogP contribution < -0.4 is 18.9 Å². The van der Waals surface area contributed by atoms with Crippen molar-refractivity contribution < 1.29 is 23.7 Å². The van der Waals surface area contributed by atoms with Gasteiger partial charge in [0.1, 0.15) is 11.6 Å². The summed E-state index contributed by atoms with van der Waals surface area (Å²) in [5.41, 5.74) is 2.38. The molecule has 170 valence electrons. The van der Waals surface area contributed by atoms with Crippen molar-refractivity contribution in [2.75, 3.05) is 54.6 Å². The third kappa shape index (κ3) is 4.29. The summed E-state index contributed by atoms with van der Waals surface area (Å²) in [4.78, 5) is 25.3. The Morgan fingerprint density at radius 1 is 0.938 bits per heavy atom. The predicted octanol–water partition coefficient (Wildman–Crippen LogP) is 2.56. The van der Waals surface area contributed by atoms with Crippen LogP contribution in [-0.4, -0.2) is 80.3 Å². The lowest BCUT2D eigenvalue weighted by Crippen LogP contribution is -2.48. The second kappa shape index (κ2) is 9.35. The zero-order chi connectivity index (χ0) is 22.7. The molecule has 1 saturated heterocycles. The molecule has 3 aromatic rings. The summed E-state index contributed by atoms with van der Waals surface area (Å²) in [6.45, 7) is 3.48. The Balaban J connectivity index is 1.41. The number of amides is 1. The van der Waals surface area contributed by atoms with Gasteiger partial charge in [-0.25, -0.2) is 4.98 Å². The van der Waals surface area contributed by atoms with Crippen molar-refractivity contribution >= 4 is 16.9 Å². The summed E-state index contributed by atoms with van der Waals surface area (Å²) < 4.78 is 21.4. The minimum absolute atomic E-state index is 0.0558. The molecule has 0 bridgehead atoms. The van der Waals surface area contributed by atoms with E-state index in [-0.39, 0.29) is 5.91 Å². The predicted molar refractivity (Wildman–Crippen MR) is 120 cm³/mol. The molecule has 2 heterocycles. The van der Waals surface area contributed by atoms with Gasteiger partial charge < -0.3 is 28.8 Å². The molecule has 32 heavy (non-hydrogen) atoms. The van der Waals surface area contributed by atoms with Gasteiger partial charge >= 0.3 is 0 Å². The van der Waals surface area contributed by atoms with Gasteiger partial charge in [-0.05, 0) is 24.3 Å². The Kier molecular flexibility index (Phi) is 6.36. The van der Waals surface area contributed by atoms with Gasteiger partial charge in [-0.15, -0.1) is 0 Å². The molecule has 4 rings (SSSR count). The van der Waals surface area contributed by atoms with Gasteiger partial charge in [-0.1, -0.05) is 0 Å². The smallest absolute Gasteiger partial charge is 0.254 e. The number of piperazine rings is 1. The molecule has 1 aliphatic rings. The first-order valence-corrected chi connectivity index (χ1v) is 10.4. The number of benzene rings is 2. The van der Waals surface area contributed by atoms with Gasteiger partial charge in [0.2, 0.25) is 5.75 Å². The van der Waals surface area contributed by atoms with E-state index in [9.17, 15) is 4.79 Å². The van der Waals surface area contributed by atoms with Gasteiger partial charge in [0.05, 0.1) is 46.0 Å². The van der Waals surface area contributed by atoms with E-state index in [1.807, 2.05) is 23.1 Å². The Morgan fingerprint density at radius 3 is 2.22 bits per heavy atom. The SMILES string of the molecule is COc1ccc2nc(CN3CCN(C(=O)c4cc(OC)c(OC)c(OC)c4)CC3)[nH]c2c1. The van der Waals surface area contributed by atoms with Crippen LogP contribution in [0, 0.1) is 0 Å². The molecular formula is C23H28N4O5. The molecule has 1 N–H and O–H groups in total. The van der Waals surface area contributed by atoms with Crippen LogP contribution in [0.25, 0.3) is 11.0 Å². The third-order valence-electron chi connectivity index (χ3n) is 5.68. The molecule has 1 aromatic heterocycles. The van der Waals surface area contributed by atoms with Crippen molar-refractivity contribution in [3.63, 3.8) is 0 Å². The van der Waals surface area contributed by atoms with Gasteiger partial charge in [-0.3, -0.25) is 9.69 Å². The first-order chi connectivity index (χ1) is 15.6. The first-order valence-electron chi connectivity index (χ1n) is 10.4. The van der Waals surface area contributed by atoms with E-state index in [2.05, 4.69) is 14.9 Å². The van der Waals surface area contributed by atoms with E-state index in [1.54, 1.807) is 40.6 Å². The fraction of sp³-hybridized carbons (Fsp3) is 0.391. The van der Waals surface area contributed by atoms with Crippen molar-refractivity contribution in [1.82, 2.24) is 19.8 Å². The topological polar surface area (TPSA) is 89.2 Å². The lowest BCUT2D eigenvalue weighted by atomic mass is 10.1. The van der Waals surface area contributed by atoms with Crippen molar-refractivity contribution in [2.24, 2.45) is 0 Å². The van der Waals surface area contributed by atoms with Crippen LogP contribution in [0.3, 0.4) is 0 Å². The summed E-state index contributed by atoms with van der Waals surface area (Å²) in [6, 6.07) is 9.18. The summed E-state index contributed by atoms with van der Waals surface area (Å²) in [6.07, 6.45) is 0. The number of fused-ring (bicyclic) bond motifs is 1. The molecule has 0 unspecified atom stereocenters. The maximum Gasteiger partial charge on any atom is 0.254 e. The highest BCUT2D eigenvalue weighted by molar-refractivity contribution is 5.95. The molecule has 0 radical (unpaired) electrons. The van der Waals surface area contributed by atoms with Crippen LogP contribution in [0.1, 0.15) is 16.2 Å². The van der Waals surface area contributed by atoms with E-state index < -0.39 is 0 Å². The standard InChI is InChI=1S/C23H28N4O5/c1-29-16-5-6-17-18(13-16)25-21(24-17)14-26-7-9-27(10-8-26)23(28)15-11-19(30-2)22(32-4)20(12-15)31-3/h5-6,11-13H,7-10,14H2,1-4H3,(H,24,25). The minimum Gasteiger partial charge on any atom is -0.497 e. The maximum atomic E-state index is 13.1. The van der Waals surface area contributed by atoms with E-state index >= 15 is 0 Å². The van der Waals surface area contributed by atoms with Crippen molar-refractivity contribution in [3.8, 4) is 23.0 Å². The summed E-state index contributed by atoms with van der Waals surface area (Å²) in [5.74, 6) is 3.05. The Morgan fingerprint density at radius 2 is 1.62 bits per heavy atom. The zero-order valence-electron chi connectivity index (χ0n) is 18.8. The third-order valence-corrected chi connectivity index (χ3v) is 5.68. The van der Waals surface area contributed by atoms with E-state index in [4.69, 9.17) is 18.9 Å². The molecule has 0 atom stereocenters. The highest BCUT2D eigenvalue weighted by Gasteiger charge is 2.25. The highest BCUT2D eigenvalue weighted by atomic mass is 16.5. The Hall–Kier alpha value is -3.46. The number of imidazole rings is 1. The normalized spacial score (nSPS) is 14.4. The first kappa shape index (κ1) is 21.8. The average molecular weight is 441 g/mol. The number of carbonyl (C=O) groups excluding carboxylic acids is 1. The van der Waals surface area contributed by atoms with Crippen LogP contribution >= 0.6 is 0 Å². The molecule has 1 fully saturated rings. The fourth-order valence-corrected chi connectivity index (χ4v) is 3.95. The molecule has 0 saturated carbocycles. The number of nitrogens with one attached hydrogen (secondary N) is 1. The fourth-order valence-electron chi connectivity index (χ4n) is 3.95. The molecule has 0 aliphatic carbocycles. The number of nitrogens with zero attached hydrogens (tertiary/aromatic N) is 3. The number of methoxy groups -OCH3 is 4. The van der Waals surface area contributed by atoms with E-state index in [0.29, 0.717) is 42.4 Å². The monoisotopic (exact) mass is 440 g/mol. The summed E-state index contributed by atoms with van der Waals surface area (Å²) >= 11 is 0. The molecule has 0 spiro atoms. The number of hydrogen-bond acceptors (Lipinski definition) is 7. The van der Waals surface area contributed by atoms with Crippen LogP contribution in [0.5, 0.6) is 23.0 Å². The van der Waals surface area contributed by atoms with Gasteiger partial charge in [0.25, 0.3) is 5.91 Å². The molecule has 2 aromatic carbocycles. The second-order valence-corrected chi connectivity index (χ2v) is 7.55. The van der Waals surface area contributed by atoms with Crippen molar-refractivity contribution in [2.45, 2.75) is 6.54 Å². The number of rotatable bonds is 7. The lowest BCUT2D eigenvalue weighted by Gasteiger charge is -2.34. The maximum absolute atomic E-state index is 13.1. The van der Waals surface area contributed by atoms with Gasteiger partial charge in [0.15, 0.2) is 11.5 Å². The number of ether oxygens (including phenoxy) is 4. The molecule has 9 heteroatoms. The van der Waals surface area contributed by atoms with Gasteiger partial charge in [-0.2, -0.15) is 0 Å². The summed E-state index contributed by atoms with van der Waals surface area (Å²) in [7, 11) is 6.27. The molecule has 1 aliphatic heterocycles. The number of carbonyl (C=O) groups is 1. The number of aromatic nitrogens is 2. The average Bonchev–Trinajstić information content (AvgIpc) is 3.24. The van der Waals surface area contributed by atoms with Crippen LogP contribution in [0.15, 0.2) is 30.3 Å². The zero-order valence-corrected chi connectivity index (χ0v) is 18.8. The summed E-state index contributed by atoms with van der Waals surface area (Å²) in [5, 5.41) is 0. The minimum atomic E-state index is -0.0558. The quantitative estimate of drug-likeness (QED) is 0.604. The highest BCUT2D eigenvalue weighted by Crippen LogP contribution is 2.38. The number of hydrogen-bond donors (Lipinski definition) is 1. The van der Waals surface area contributed by atoms with Crippen molar-refractivity contribution in [3.05, 3.63) is 41.7 Å². The molecular weight excluding hydrogens is 412 g/mol. The number of H-pyrrole nitrogens is 1. The lowest BCUT2D eigenvalue weighted by molar-refractivity contribution is 0.0625. The van der Waals surface area contributed by atoms with Crippen LogP contribution in [0.2, 0.25) is 0 Å². The van der Waals surface area contributed by atoms with Crippen LogP contribution in [0.4, 0.5) is 0 Å². The molecule has 1 amide bonds. The molecule has 9 nitrogen and oxygen atoms in total. The van der Waals surface area contributed by atoms with Crippen LogP contribution in [-0.2, 0) is 6.54 Å². The van der Waals surface area contributed by atoms with Crippen molar-refractivity contribution in [1.29, 1.82) is 0 Å². The Bertz CT molecular complexity index is 1080. The Labute approximate surface area is 186 Å². The van der Waals surface area contributed by atoms with E-state index in [1.165, 1.54) is 0 Å².